The summed E-state index contributed by atoms with van der Waals surface area (Å²) >= 11 is 1.53. The van der Waals surface area contributed by atoms with Gasteiger partial charge in [0.15, 0.2) is 5.13 Å². The summed E-state index contributed by atoms with van der Waals surface area (Å²) < 4.78 is 4.60. The van der Waals surface area contributed by atoms with Gasteiger partial charge in [0.2, 0.25) is 0 Å². The minimum Gasteiger partial charge on any atom is -0.469 e. The summed E-state index contributed by atoms with van der Waals surface area (Å²) in [5.41, 5.74) is 0.765. The zero-order valence-electron chi connectivity index (χ0n) is 10.8. The highest BCUT2D eigenvalue weighted by Crippen LogP contribution is 2.18. The highest BCUT2D eigenvalue weighted by Gasteiger charge is 2.10. The topological polar surface area (TPSA) is 51.2 Å². The van der Waals surface area contributed by atoms with Crippen LogP contribution in [0.4, 0.5) is 5.13 Å². The maximum absolute atomic E-state index is 11.1. The molecule has 0 spiro atoms. The Kier molecular flexibility index (Phi) is 5.41. The van der Waals surface area contributed by atoms with Crippen molar-refractivity contribution in [1.29, 1.82) is 0 Å². The first-order valence-electron chi connectivity index (χ1n) is 5.79. The van der Waals surface area contributed by atoms with E-state index in [1.54, 1.807) is 0 Å². The van der Waals surface area contributed by atoms with Crippen LogP contribution < -0.4 is 5.32 Å². The first-order chi connectivity index (χ1) is 8.01. The fraction of sp³-hybridized carbons (Fsp3) is 0.667. The number of esters is 1. The highest BCUT2D eigenvalue weighted by molar-refractivity contribution is 7.13. The van der Waals surface area contributed by atoms with Gasteiger partial charge in [-0.05, 0) is 19.3 Å². The van der Waals surface area contributed by atoms with Crippen molar-refractivity contribution in [2.75, 3.05) is 12.4 Å². The average Bonchev–Trinajstić information content (AvgIpc) is 2.63. The van der Waals surface area contributed by atoms with Gasteiger partial charge in [0.05, 0.1) is 19.2 Å². The molecule has 0 fully saturated rings. The van der Waals surface area contributed by atoms with Gasteiger partial charge in [0, 0.05) is 11.4 Å². The summed E-state index contributed by atoms with van der Waals surface area (Å²) in [4.78, 5) is 15.4. The first kappa shape index (κ1) is 14.0. The van der Waals surface area contributed by atoms with Gasteiger partial charge in [-0.15, -0.1) is 11.3 Å². The second kappa shape index (κ2) is 6.59. The van der Waals surface area contributed by atoms with Gasteiger partial charge in [-0.25, -0.2) is 4.98 Å². The van der Waals surface area contributed by atoms with E-state index in [4.69, 9.17) is 0 Å². The Morgan fingerprint density at radius 3 is 2.82 bits per heavy atom. The Labute approximate surface area is 106 Å². The van der Waals surface area contributed by atoms with Gasteiger partial charge >= 0.3 is 5.97 Å². The second-order valence-corrected chi connectivity index (χ2v) is 5.43. The van der Waals surface area contributed by atoms with Crippen LogP contribution in [0.1, 0.15) is 32.9 Å². The molecular formula is C12H20N2O2S. The lowest BCUT2D eigenvalue weighted by atomic mass is 10.1. The van der Waals surface area contributed by atoms with Gasteiger partial charge in [0.1, 0.15) is 0 Å². The van der Waals surface area contributed by atoms with E-state index in [1.807, 2.05) is 5.38 Å². The van der Waals surface area contributed by atoms with Crippen molar-refractivity contribution >= 4 is 22.4 Å². The number of anilines is 1. The molecule has 0 amide bonds. The van der Waals surface area contributed by atoms with Crippen LogP contribution >= 0.6 is 11.3 Å². The first-order valence-corrected chi connectivity index (χ1v) is 6.67. The fourth-order valence-corrected chi connectivity index (χ4v) is 2.47. The quantitative estimate of drug-likeness (QED) is 0.795. The Hall–Kier alpha value is -1.10. The highest BCUT2D eigenvalue weighted by atomic mass is 32.1. The molecule has 1 atom stereocenters. The van der Waals surface area contributed by atoms with E-state index in [-0.39, 0.29) is 12.4 Å². The maximum Gasteiger partial charge on any atom is 0.311 e. The third-order valence-electron chi connectivity index (χ3n) is 2.30. The molecule has 5 heteroatoms. The normalized spacial score (nSPS) is 12.5. The molecule has 1 rings (SSSR count). The second-order valence-electron chi connectivity index (χ2n) is 4.57. The summed E-state index contributed by atoms with van der Waals surface area (Å²) in [6.45, 7) is 6.53. The van der Waals surface area contributed by atoms with E-state index in [0.717, 1.165) is 17.2 Å². The molecule has 0 radical (unpaired) electrons. The van der Waals surface area contributed by atoms with Crippen LogP contribution in [0.3, 0.4) is 0 Å². The number of methoxy groups -OCH3 is 1. The van der Waals surface area contributed by atoms with Crippen LogP contribution in [0.5, 0.6) is 0 Å². The third kappa shape index (κ3) is 5.17. The maximum atomic E-state index is 11.1. The van der Waals surface area contributed by atoms with Crippen molar-refractivity contribution in [2.24, 2.45) is 5.92 Å². The van der Waals surface area contributed by atoms with Crippen molar-refractivity contribution in [3.63, 3.8) is 0 Å². The molecule has 0 saturated carbocycles. The van der Waals surface area contributed by atoms with Crippen LogP contribution in [0.25, 0.3) is 0 Å². The Balaban J connectivity index is 2.48. The largest absolute Gasteiger partial charge is 0.469 e. The summed E-state index contributed by atoms with van der Waals surface area (Å²) in [5, 5.41) is 6.10. The SMILES string of the molecule is COC(=O)Cc1csc(NC(C)CC(C)C)n1. The monoisotopic (exact) mass is 256 g/mol. The van der Waals surface area contributed by atoms with Crippen molar-refractivity contribution in [1.82, 2.24) is 4.98 Å². The van der Waals surface area contributed by atoms with Gasteiger partial charge < -0.3 is 10.1 Å². The smallest absolute Gasteiger partial charge is 0.311 e. The molecule has 1 N–H and O–H groups in total. The molecule has 0 aliphatic carbocycles. The predicted molar refractivity (Wildman–Crippen MR) is 70.4 cm³/mol. The zero-order valence-corrected chi connectivity index (χ0v) is 11.6. The summed E-state index contributed by atoms with van der Waals surface area (Å²) in [6.07, 6.45) is 1.35. The van der Waals surface area contributed by atoms with E-state index < -0.39 is 0 Å². The lowest BCUT2D eigenvalue weighted by Crippen LogP contribution is -2.17. The van der Waals surface area contributed by atoms with Crippen LogP contribution in [-0.4, -0.2) is 24.1 Å². The van der Waals surface area contributed by atoms with Gasteiger partial charge in [-0.1, -0.05) is 13.8 Å². The molecule has 0 aliphatic rings. The number of ether oxygens (including phenoxy) is 1. The Morgan fingerprint density at radius 1 is 1.53 bits per heavy atom. The van der Waals surface area contributed by atoms with Crippen LogP contribution in [0, 0.1) is 5.92 Å². The Bertz CT molecular complexity index is 363. The Morgan fingerprint density at radius 2 is 2.24 bits per heavy atom. The lowest BCUT2D eigenvalue weighted by Gasteiger charge is -2.14. The number of rotatable bonds is 6. The van der Waals surface area contributed by atoms with Crippen molar-refractivity contribution in [2.45, 2.75) is 39.7 Å². The van der Waals surface area contributed by atoms with E-state index in [1.165, 1.54) is 18.4 Å². The molecule has 1 heterocycles. The molecule has 4 nitrogen and oxygen atoms in total. The molecule has 17 heavy (non-hydrogen) atoms. The average molecular weight is 256 g/mol. The molecule has 1 aromatic heterocycles. The molecular weight excluding hydrogens is 236 g/mol. The number of carbonyl (C=O) groups is 1. The van der Waals surface area contributed by atoms with Gasteiger partial charge in [0.25, 0.3) is 0 Å². The predicted octanol–water partition coefficient (Wildman–Crippen LogP) is 2.71. The lowest BCUT2D eigenvalue weighted by molar-refractivity contribution is -0.139. The van der Waals surface area contributed by atoms with E-state index in [0.29, 0.717) is 12.0 Å². The molecule has 0 aliphatic heterocycles. The fourth-order valence-electron chi connectivity index (χ4n) is 1.65. The van der Waals surface area contributed by atoms with Crippen LogP contribution in [0.15, 0.2) is 5.38 Å². The summed E-state index contributed by atoms with van der Waals surface area (Å²) in [7, 11) is 1.39. The van der Waals surface area contributed by atoms with E-state index >= 15 is 0 Å². The van der Waals surface area contributed by atoms with Crippen LogP contribution in [-0.2, 0) is 16.0 Å². The molecule has 1 aromatic rings. The summed E-state index contributed by atoms with van der Waals surface area (Å²) in [6, 6.07) is 0.395. The molecule has 0 aromatic carbocycles. The van der Waals surface area contributed by atoms with Crippen molar-refractivity contribution in [3.8, 4) is 0 Å². The van der Waals surface area contributed by atoms with Gasteiger partial charge in [-0.2, -0.15) is 0 Å². The number of carbonyl (C=O) groups excluding carboxylic acids is 1. The molecule has 96 valence electrons. The van der Waals surface area contributed by atoms with Gasteiger partial charge in [-0.3, -0.25) is 4.79 Å². The number of hydrogen-bond donors (Lipinski definition) is 1. The number of hydrogen-bond acceptors (Lipinski definition) is 5. The van der Waals surface area contributed by atoms with E-state index in [9.17, 15) is 4.79 Å². The standard InChI is InChI=1S/C12H20N2O2S/c1-8(2)5-9(3)13-12-14-10(7-17-12)6-11(15)16-4/h7-9H,5-6H2,1-4H3,(H,13,14). The number of nitrogens with one attached hydrogen (secondary N) is 1. The third-order valence-corrected chi connectivity index (χ3v) is 3.12. The zero-order chi connectivity index (χ0) is 12.8. The number of aromatic nitrogens is 1. The molecule has 0 bridgehead atoms. The van der Waals surface area contributed by atoms with E-state index in [2.05, 4.69) is 35.8 Å². The summed E-state index contributed by atoms with van der Waals surface area (Å²) in [5.74, 6) is 0.407. The molecule has 0 saturated heterocycles. The minimum atomic E-state index is -0.253. The number of thiazole rings is 1. The number of nitrogens with zero attached hydrogens (tertiary/aromatic N) is 1. The van der Waals surface area contributed by atoms with Crippen molar-refractivity contribution in [3.05, 3.63) is 11.1 Å². The minimum absolute atomic E-state index is 0.243. The molecule has 1 unspecified atom stereocenters. The van der Waals surface area contributed by atoms with Crippen molar-refractivity contribution < 1.29 is 9.53 Å². The van der Waals surface area contributed by atoms with Crippen LogP contribution in [0.2, 0.25) is 0 Å².